The second-order valence-electron chi connectivity index (χ2n) is 11.9. The highest BCUT2D eigenvalue weighted by Crippen LogP contribution is 2.56. The largest absolute Gasteiger partial charge is 0.308 e. The molecule has 2 nitrogen and oxygen atoms in total. The number of hydrogen-bond donors (Lipinski definition) is 0. The van der Waals surface area contributed by atoms with Crippen LogP contribution in [0.5, 0.6) is 0 Å². The van der Waals surface area contributed by atoms with Gasteiger partial charge in [0.25, 0.3) is 0 Å². The average molecular weight is 455 g/mol. The molecule has 172 valence electrons. The van der Waals surface area contributed by atoms with E-state index < -0.39 is 0 Å². The van der Waals surface area contributed by atoms with E-state index in [1.165, 1.54) is 60.7 Å². The van der Waals surface area contributed by atoms with Gasteiger partial charge in [0.05, 0.1) is 22.4 Å². The van der Waals surface area contributed by atoms with E-state index >= 15 is 0 Å². The van der Waals surface area contributed by atoms with E-state index in [0.29, 0.717) is 0 Å². The van der Waals surface area contributed by atoms with Gasteiger partial charge in [0, 0.05) is 38.9 Å². The van der Waals surface area contributed by atoms with Gasteiger partial charge in [0.1, 0.15) is 0 Å². The summed E-state index contributed by atoms with van der Waals surface area (Å²) in [4.78, 5) is 5.00. The lowest BCUT2D eigenvalue weighted by molar-refractivity contribution is 0.411. The van der Waals surface area contributed by atoms with Crippen molar-refractivity contribution < 1.29 is 0 Å². The molecule has 0 N–H and O–H groups in total. The van der Waals surface area contributed by atoms with Gasteiger partial charge in [-0.25, -0.2) is 0 Å². The molecule has 0 amide bonds. The van der Waals surface area contributed by atoms with Crippen molar-refractivity contribution in [2.24, 2.45) is 5.41 Å². The third-order valence-electron chi connectivity index (χ3n) is 7.86. The predicted octanol–water partition coefficient (Wildman–Crippen LogP) is 8.64. The first kappa shape index (κ1) is 20.7. The summed E-state index contributed by atoms with van der Waals surface area (Å²) in [6, 6.07) is 26.9. The Morgan fingerprint density at radius 2 is 1.57 bits per heavy atom. The zero-order valence-corrected chi connectivity index (χ0v) is 21.1. The fourth-order valence-corrected chi connectivity index (χ4v) is 6.52. The molecular weight excluding hydrogens is 424 g/mol. The van der Waals surface area contributed by atoms with Gasteiger partial charge in [0.15, 0.2) is 0 Å². The fourth-order valence-electron chi connectivity index (χ4n) is 6.52. The third-order valence-corrected chi connectivity index (χ3v) is 7.86. The molecule has 1 aliphatic rings. The normalized spacial score (nSPS) is 14.8. The van der Waals surface area contributed by atoms with Crippen LogP contribution < -0.4 is 0 Å². The summed E-state index contributed by atoms with van der Waals surface area (Å²) in [6.45, 7) is 11.6. The quantitative estimate of drug-likeness (QED) is 0.256. The summed E-state index contributed by atoms with van der Waals surface area (Å²) in [6.07, 6.45) is 3.10. The molecule has 1 aliphatic carbocycles. The molecule has 0 saturated heterocycles. The Labute approximate surface area is 206 Å². The molecule has 2 heteroatoms. The topological polar surface area (TPSA) is 17.3 Å². The minimum absolute atomic E-state index is 0.0821. The van der Waals surface area contributed by atoms with E-state index in [1.54, 1.807) is 0 Å². The van der Waals surface area contributed by atoms with Gasteiger partial charge in [-0.2, -0.15) is 0 Å². The summed E-state index contributed by atoms with van der Waals surface area (Å²) in [5.41, 5.74) is 11.9. The van der Waals surface area contributed by atoms with Crippen molar-refractivity contribution in [1.29, 1.82) is 0 Å². The fraction of sp³-hybridized carbons (Fsp3) is 0.242. The van der Waals surface area contributed by atoms with Crippen molar-refractivity contribution in [1.82, 2.24) is 9.38 Å². The Morgan fingerprint density at radius 3 is 2.34 bits per heavy atom. The van der Waals surface area contributed by atoms with Crippen molar-refractivity contribution in [2.75, 3.05) is 0 Å². The highest BCUT2D eigenvalue weighted by Gasteiger charge is 2.41. The lowest BCUT2D eigenvalue weighted by atomic mass is 9.80. The Kier molecular flexibility index (Phi) is 3.98. The Morgan fingerprint density at radius 1 is 0.800 bits per heavy atom. The second-order valence-corrected chi connectivity index (χ2v) is 11.9. The predicted molar refractivity (Wildman–Crippen MR) is 148 cm³/mol. The van der Waals surface area contributed by atoms with Crippen molar-refractivity contribution in [2.45, 2.75) is 46.5 Å². The summed E-state index contributed by atoms with van der Waals surface area (Å²) in [5, 5.41) is 4.00. The van der Waals surface area contributed by atoms with Crippen molar-refractivity contribution in [3.63, 3.8) is 0 Å². The van der Waals surface area contributed by atoms with Crippen molar-refractivity contribution >= 4 is 27.2 Å². The molecule has 3 aromatic heterocycles. The van der Waals surface area contributed by atoms with Crippen LogP contribution in [0.1, 0.15) is 51.3 Å². The van der Waals surface area contributed by atoms with E-state index in [-0.39, 0.29) is 10.8 Å². The smallest absolute Gasteiger partial charge is 0.0709 e. The zero-order valence-electron chi connectivity index (χ0n) is 21.1. The minimum atomic E-state index is -0.0821. The summed E-state index contributed by atoms with van der Waals surface area (Å²) < 4.78 is 2.53. The summed E-state index contributed by atoms with van der Waals surface area (Å²) in [7, 11) is 0. The number of hydrogen-bond acceptors (Lipinski definition) is 1. The lowest BCUT2D eigenvalue weighted by Gasteiger charge is -2.22. The molecule has 0 bridgehead atoms. The number of fused-ring (bicyclic) bond motifs is 8. The van der Waals surface area contributed by atoms with Gasteiger partial charge < -0.3 is 4.40 Å². The second kappa shape index (κ2) is 6.73. The molecule has 0 aliphatic heterocycles. The molecule has 35 heavy (non-hydrogen) atoms. The van der Waals surface area contributed by atoms with Crippen LogP contribution in [0.15, 0.2) is 79.0 Å². The van der Waals surface area contributed by atoms with Gasteiger partial charge in [-0.15, -0.1) is 0 Å². The molecular formula is C33H30N2. The van der Waals surface area contributed by atoms with Gasteiger partial charge in [-0.3, -0.25) is 4.98 Å². The van der Waals surface area contributed by atoms with Crippen LogP contribution >= 0.6 is 0 Å². The van der Waals surface area contributed by atoms with Crippen LogP contribution in [0.3, 0.4) is 0 Å². The Hall–Kier alpha value is -3.65. The maximum atomic E-state index is 5.00. The van der Waals surface area contributed by atoms with Crippen LogP contribution in [0.4, 0.5) is 0 Å². The molecule has 0 fully saturated rings. The van der Waals surface area contributed by atoms with E-state index in [1.807, 2.05) is 0 Å². The molecule has 3 aromatic carbocycles. The highest BCUT2D eigenvalue weighted by molar-refractivity contribution is 6.21. The number of para-hydroxylation sites is 1. The SMILES string of the molecule is CC(C)(C)Cc1ccc(-c2ccc3c4ccccc4n4c5c(c2c34)C(C)(C)c2ccccc2-5)nc1. The highest BCUT2D eigenvalue weighted by atomic mass is 14.9. The Balaban J connectivity index is 1.59. The molecule has 0 atom stereocenters. The maximum Gasteiger partial charge on any atom is 0.0709 e. The van der Waals surface area contributed by atoms with Crippen molar-refractivity contribution in [3.05, 3.63) is 95.7 Å². The average Bonchev–Trinajstić information content (AvgIpc) is 3.43. The summed E-state index contributed by atoms with van der Waals surface area (Å²) in [5.74, 6) is 0. The van der Waals surface area contributed by atoms with Crippen LogP contribution in [0, 0.1) is 5.41 Å². The lowest BCUT2D eigenvalue weighted by Crippen LogP contribution is -2.15. The first-order valence-electron chi connectivity index (χ1n) is 12.6. The maximum absolute atomic E-state index is 5.00. The van der Waals surface area contributed by atoms with Gasteiger partial charge in [0.2, 0.25) is 0 Å². The Bertz CT molecular complexity index is 1760. The number of aromatic nitrogens is 2. The van der Waals surface area contributed by atoms with E-state index in [2.05, 4.69) is 118 Å². The summed E-state index contributed by atoms with van der Waals surface area (Å²) >= 11 is 0. The number of benzene rings is 3. The standard InChI is InChI=1S/C33H30N2/c1-32(2,3)18-20-14-17-26(34-19-20)24-16-15-22-21-10-7-9-13-27(21)35-30(22)28(24)29-31(35)23-11-6-8-12-25(23)33(29,4)5/h6-17,19H,18H2,1-5H3. The van der Waals surface area contributed by atoms with E-state index in [0.717, 1.165) is 12.1 Å². The monoisotopic (exact) mass is 454 g/mol. The van der Waals surface area contributed by atoms with Crippen LogP contribution in [-0.4, -0.2) is 9.38 Å². The first-order valence-corrected chi connectivity index (χ1v) is 12.6. The van der Waals surface area contributed by atoms with Crippen molar-refractivity contribution in [3.8, 4) is 22.5 Å². The number of pyridine rings is 1. The molecule has 7 rings (SSSR count). The molecule has 0 radical (unpaired) electrons. The molecule has 0 unspecified atom stereocenters. The first-order chi connectivity index (χ1) is 16.8. The molecule has 0 spiro atoms. The van der Waals surface area contributed by atoms with Crippen LogP contribution in [0.2, 0.25) is 0 Å². The van der Waals surface area contributed by atoms with Crippen LogP contribution in [0.25, 0.3) is 49.7 Å². The minimum Gasteiger partial charge on any atom is -0.308 e. The van der Waals surface area contributed by atoms with Gasteiger partial charge in [-0.1, -0.05) is 95.3 Å². The molecule has 3 heterocycles. The molecule has 6 aromatic rings. The third kappa shape index (κ3) is 2.74. The number of nitrogens with zero attached hydrogens (tertiary/aromatic N) is 2. The van der Waals surface area contributed by atoms with E-state index in [9.17, 15) is 0 Å². The van der Waals surface area contributed by atoms with Crippen LogP contribution in [-0.2, 0) is 11.8 Å². The number of rotatable bonds is 2. The van der Waals surface area contributed by atoms with E-state index in [4.69, 9.17) is 4.98 Å². The molecule has 0 saturated carbocycles. The zero-order chi connectivity index (χ0) is 24.1. The van der Waals surface area contributed by atoms with Gasteiger partial charge in [-0.05, 0) is 40.7 Å². The van der Waals surface area contributed by atoms with Gasteiger partial charge >= 0.3 is 0 Å².